The van der Waals surface area contributed by atoms with Crippen molar-refractivity contribution in [1.29, 1.82) is 0 Å². The molecule has 23 heavy (non-hydrogen) atoms. The molecule has 6 nitrogen and oxygen atoms in total. The van der Waals surface area contributed by atoms with Gasteiger partial charge in [0.1, 0.15) is 5.84 Å². The Morgan fingerprint density at radius 3 is 3.04 bits per heavy atom. The lowest BCUT2D eigenvalue weighted by Gasteiger charge is -2.35. The maximum Gasteiger partial charge on any atom is 0.242 e. The standard InChI is InChI=1S/C17H22N4O2/c1-17(2)12-6-3-4-7-13(12)19-16(20-17)14-8-5-9-21(14)15(23)10-18-11-22/h3-4,6-7,11,14H,5,8-10H2,1-2H3,(H,18,22)(H,19,20)/t14-/m0/s1. The molecule has 2 aliphatic rings. The van der Waals surface area contributed by atoms with E-state index in [1.165, 1.54) is 0 Å². The van der Waals surface area contributed by atoms with Gasteiger partial charge in [0.15, 0.2) is 0 Å². The van der Waals surface area contributed by atoms with Crippen molar-refractivity contribution < 1.29 is 9.59 Å². The Bertz CT molecular complexity index is 654. The first-order valence-corrected chi connectivity index (χ1v) is 7.96. The molecule has 2 N–H and O–H groups in total. The number of nitrogens with one attached hydrogen (secondary N) is 2. The van der Waals surface area contributed by atoms with E-state index in [1.54, 1.807) is 0 Å². The van der Waals surface area contributed by atoms with Gasteiger partial charge in [0.25, 0.3) is 0 Å². The third-order valence-corrected chi connectivity index (χ3v) is 4.47. The zero-order chi connectivity index (χ0) is 16.4. The summed E-state index contributed by atoms with van der Waals surface area (Å²) in [5.41, 5.74) is 1.88. The topological polar surface area (TPSA) is 73.8 Å². The molecule has 1 saturated heterocycles. The second-order valence-corrected chi connectivity index (χ2v) is 6.47. The first kappa shape index (κ1) is 15.5. The number of hydrogen-bond donors (Lipinski definition) is 2. The quantitative estimate of drug-likeness (QED) is 0.827. The predicted molar refractivity (Wildman–Crippen MR) is 89.3 cm³/mol. The van der Waals surface area contributed by atoms with Crippen LogP contribution in [-0.2, 0) is 15.1 Å². The lowest BCUT2D eigenvalue weighted by atomic mass is 9.91. The van der Waals surface area contributed by atoms with Crippen molar-refractivity contribution in [3.8, 4) is 0 Å². The largest absolute Gasteiger partial charge is 0.350 e. The smallest absolute Gasteiger partial charge is 0.242 e. The SMILES string of the molecule is CC1(C)N=C([C@@H]2CCCN2C(=O)CNC=O)Nc2ccccc21. The van der Waals surface area contributed by atoms with E-state index in [9.17, 15) is 9.59 Å². The highest BCUT2D eigenvalue weighted by atomic mass is 16.2. The molecule has 1 aromatic carbocycles. The minimum atomic E-state index is -0.324. The van der Waals surface area contributed by atoms with E-state index >= 15 is 0 Å². The highest BCUT2D eigenvalue weighted by Gasteiger charge is 2.37. The van der Waals surface area contributed by atoms with Gasteiger partial charge in [-0.05, 0) is 32.8 Å². The summed E-state index contributed by atoms with van der Waals surface area (Å²) in [5, 5.41) is 5.85. The molecule has 0 radical (unpaired) electrons. The third-order valence-electron chi connectivity index (χ3n) is 4.47. The van der Waals surface area contributed by atoms with Crippen molar-refractivity contribution in [3.05, 3.63) is 29.8 Å². The third kappa shape index (κ3) is 2.93. The Morgan fingerprint density at radius 1 is 1.48 bits per heavy atom. The van der Waals surface area contributed by atoms with Gasteiger partial charge in [-0.25, -0.2) is 0 Å². The van der Waals surface area contributed by atoms with Crippen LogP contribution in [0.2, 0.25) is 0 Å². The Kier molecular flexibility index (Phi) is 4.07. The van der Waals surface area contributed by atoms with E-state index in [4.69, 9.17) is 4.99 Å². The number of para-hydroxylation sites is 1. The Balaban J connectivity index is 1.85. The molecule has 6 heteroatoms. The number of hydrogen-bond acceptors (Lipinski definition) is 4. The van der Waals surface area contributed by atoms with Crippen LogP contribution in [0, 0.1) is 0 Å². The van der Waals surface area contributed by atoms with E-state index in [2.05, 4.69) is 30.5 Å². The number of carbonyl (C=O) groups excluding carboxylic acids is 2. The number of amidine groups is 1. The van der Waals surface area contributed by atoms with Gasteiger partial charge in [-0.3, -0.25) is 14.6 Å². The van der Waals surface area contributed by atoms with Crippen LogP contribution in [0.1, 0.15) is 32.3 Å². The summed E-state index contributed by atoms with van der Waals surface area (Å²) in [5.74, 6) is 0.770. The molecule has 122 valence electrons. The molecule has 0 bridgehead atoms. The summed E-state index contributed by atoms with van der Waals surface area (Å²) in [6.07, 6.45) is 2.38. The van der Waals surface area contributed by atoms with Gasteiger partial charge in [0.2, 0.25) is 12.3 Å². The van der Waals surface area contributed by atoms with E-state index in [1.807, 2.05) is 23.1 Å². The van der Waals surface area contributed by atoms with Gasteiger partial charge in [0, 0.05) is 17.8 Å². The second kappa shape index (κ2) is 6.02. The molecule has 0 aromatic heterocycles. The zero-order valence-corrected chi connectivity index (χ0v) is 13.5. The molecule has 1 fully saturated rings. The van der Waals surface area contributed by atoms with E-state index in [-0.39, 0.29) is 24.0 Å². The molecule has 3 rings (SSSR count). The monoisotopic (exact) mass is 314 g/mol. The predicted octanol–water partition coefficient (Wildman–Crippen LogP) is 1.48. The first-order chi connectivity index (χ1) is 11.0. The van der Waals surface area contributed by atoms with Gasteiger partial charge in [-0.15, -0.1) is 0 Å². The number of anilines is 1. The maximum absolute atomic E-state index is 12.3. The summed E-state index contributed by atoms with van der Waals surface area (Å²) in [4.78, 5) is 29.4. The average molecular weight is 314 g/mol. The highest BCUT2D eigenvalue weighted by molar-refractivity contribution is 6.04. The van der Waals surface area contributed by atoms with Gasteiger partial charge in [-0.2, -0.15) is 0 Å². The molecule has 0 aliphatic carbocycles. The number of likely N-dealkylation sites (tertiary alicyclic amines) is 1. The summed E-state index contributed by atoms with van der Waals surface area (Å²) in [7, 11) is 0. The van der Waals surface area contributed by atoms with Crippen molar-refractivity contribution in [2.75, 3.05) is 18.4 Å². The number of rotatable bonds is 4. The van der Waals surface area contributed by atoms with Crippen molar-refractivity contribution in [2.24, 2.45) is 4.99 Å². The Hall–Kier alpha value is -2.37. The molecule has 0 spiro atoms. The molecular weight excluding hydrogens is 292 g/mol. The van der Waals surface area contributed by atoms with Crippen LogP contribution < -0.4 is 10.6 Å². The maximum atomic E-state index is 12.3. The molecule has 0 unspecified atom stereocenters. The van der Waals surface area contributed by atoms with Crippen LogP contribution in [-0.4, -0.2) is 42.2 Å². The van der Waals surface area contributed by atoms with Crippen LogP contribution in [0.4, 0.5) is 5.69 Å². The van der Waals surface area contributed by atoms with Gasteiger partial charge < -0.3 is 15.5 Å². The van der Waals surface area contributed by atoms with Crippen molar-refractivity contribution in [1.82, 2.24) is 10.2 Å². The fourth-order valence-electron chi connectivity index (χ4n) is 3.39. The van der Waals surface area contributed by atoms with E-state index in [0.717, 1.165) is 29.9 Å². The van der Waals surface area contributed by atoms with Crippen LogP contribution >= 0.6 is 0 Å². The lowest BCUT2D eigenvalue weighted by molar-refractivity contribution is -0.131. The highest BCUT2D eigenvalue weighted by Crippen LogP contribution is 2.36. The summed E-state index contributed by atoms with van der Waals surface area (Å²) >= 11 is 0. The van der Waals surface area contributed by atoms with E-state index < -0.39 is 0 Å². The molecule has 2 heterocycles. The summed E-state index contributed by atoms with van der Waals surface area (Å²) < 4.78 is 0. The van der Waals surface area contributed by atoms with Crippen LogP contribution in [0.25, 0.3) is 0 Å². The Morgan fingerprint density at radius 2 is 2.26 bits per heavy atom. The lowest BCUT2D eigenvalue weighted by Crippen LogP contribution is -2.48. The fourth-order valence-corrected chi connectivity index (χ4v) is 3.39. The van der Waals surface area contributed by atoms with Crippen molar-refractivity contribution in [3.63, 3.8) is 0 Å². The molecule has 1 atom stereocenters. The van der Waals surface area contributed by atoms with Crippen molar-refractivity contribution >= 4 is 23.8 Å². The van der Waals surface area contributed by atoms with Crippen LogP contribution in [0.15, 0.2) is 29.3 Å². The number of nitrogens with zero attached hydrogens (tertiary/aromatic N) is 2. The minimum Gasteiger partial charge on any atom is -0.350 e. The minimum absolute atomic E-state index is 0.0350. The van der Waals surface area contributed by atoms with Crippen LogP contribution in [0.5, 0.6) is 0 Å². The fraction of sp³-hybridized carbons (Fsp3) is 0.471. The van der Waals surface area contributed by atoms with E-state index in [0.29, 0.717) is 13.0 Å². The zero-order valence-electron chi connectivity index (χ0n) is 13.5. The summed E-state index contributed by atoms with van der Waals surface area (Å²) in [6, 6.07) is 8.08. The number of fused-ring (bicyclic) bond motifs is 1. The number of amides is 2. The Labute approximate surface area is 136 Å². The molecule has 2 aliphatic heterocycles. The second-order valence-electron chi connectivity index (χ2n) is 6.47. The molecular formula is C17H22N4O2. The number of benzene rings is 1. The van der Waals surface area contributed by atoms with Gasteiger partial charge in [-0.1, -0.05) is 18.2 Å². The van der Waals surface area contributed by atoms with Crippen molar-refractivity contribution in [2.45, 2.75) is 38.3 Å². The van der Waals surface area contributed by atoms with Gasteiger partial charge in [0.05, 0.1) is 18.1 Å². The summed E-state index contributed by atoms with van der Waals surface area (Å²) in [6.45, 7) is 4.91. The number of aliphatic imine (C=N–C) groups is 1. The average Bonchev–Trinajstić information content (AvgIpc) is 3.01. The normalized spacial score (nSPS) is 21.9. The number of carbonyl (C=O) groups is 2. The first-order valence-electron chi connectivity index (χ1n) is 7.96. The molecule has 2 amide bonds. The van der Waals surface area contributed by atoms with Gasteiger partial charge >= 0.3 is 0 Å². The molecule has 0 saturated carbocycles. The van der Waals surface area contributed by atoms with Crippen LogP contribution in [0.3, 0.4) is 0 Å². The molecule has 1 aromatic rings.